The third-order valence-corrected chi connectivity index (χ3v) is 5.72. The third-order valence-electron chi connectivity index (χ3n) is 4.67. The minimum absolute atomic E-state index is 0.343. The van der Waals surface area contributed by atoms with Crippen LogP contribution in [0.3, 0.4) is 0 Å². The van der Waals surface area contributed by atoms with Crippen molar-refractivity contribution in [3.8, 4) is 17.1 Å². The summed E-state index contributed by atoms with van der Waals surface area (Å²) >= 11 is 1.60. The quantitative estimate of drug-likeness (QED) is 0.565. The van der Waals surface area contributed by atoms with Crippen LogP contribution in [0.1, 0.15) is 50.5 Å². The van der Waals surface area contributed by atoms with Crippen molar-refractivity contribution in [2.45, 2.75) is 44.5 Å². The van der Waals surface area contributed by atoms with Gasteiger partial charge in [-0.1, -0.05) is 75.0 Å². The van der Waals surface area contributed by atoms with Crippen molar-refractivity contribution in [1.82, 2.24) is 15.2 Å². The predicted molar refractivity (Wildman–Crippen MR) is 114 cm³/mol. The maximum absolute atomic E-state index is 6.31. The van der Waals surface area contributed by atoms with E-state index in [1.807, 2.05) is 24.3 Å². The molecule has 1 atom stereocenters. The maximum atomic E-state index is 6.31. The van der Waals surface area contributed by atoms with Gasteiger partial charge in [-0.05, 0) is 24.0 Å². The monoisotopic (exact) mass is 392 g/mol. The first-order chi connectivity index (χ1) is 13.7. The van der Waals surface area contributed by atoms with E-state index in [4.69, 9.17) is 4.74 Å². The Bertz CT molecular complexity index is 959. The van der Waals surface area contributed by atoms with Gasteiger partial charge in [0.25, 0.3) is 0 Å². The summed E-state index contributed by atoms with van der Waals surface area (Å²) in [6.07, 6.45) is 0.714. The van der Waals surface area contributed by atoms with Gasteiger partial charge in [-0.15, -0.1) is 10.2 Å². The Kier molecular flexibility index (Phi) is 5.48. The van der Waals surface area contributed by atoms with E-state index in [0.29, 0.717) is 22.6 Å². The van der Waals surface area contributed by atoms with Crippen LogP contribution in [-0.2, 0) is 0 Å². The highest BCUT2D eigenvalue weighted by molar-refractivity contribution is 7.99. The number of hydrogen-bond donors (Lipinski definition) is 1. The molecule has 2 heterocycles. The van der Waals surface area contributed by atoms with Gasteiger partial charge in [-0.25, -0.2) is 0 Å². The number of nitrogens with zero attached hydrogens (tertiary/aromatic N) is 3. The zero-order chi connectivity index (χ0) is 19.5. The molecule has 1 aliphatic heterocycles. The third kappa shape index (κ3) is 3.83. The van der Waals surface area contributed by atoms with E-state index in [2.05, 4.69) is 65.5 Å². The number of ether oxygens (including phenoxy) is 1. The molecule has 4 rings (SSSR count). The molecule has 0 spiro atoms. The van der Waals surface area contributed by atoms with Crippen molar-refractivity contribution in [3.05, 3.63) is 59.7 Å². The lowest BCUT2D eigenvalue weighted by molar-refractivity contribution is 0.225. The summed E-state index contributed by atoms with van der Waals surface area (Å²) in [5, 5.41) is 12.9. The van der Waals surface area contributed by atoms with Gasteiger partial charge in [0.1, 0.15) is 0 Å². The first kappa shape index (κ1) is 18.7. The molecule has 0 amide bonds. The van der Waals surface area contributed by atoms with Crippen LogP contribution in [0.5, 0.6) is 5.88 Å². The number of aromatic nitrogens is 3. The topological polar surface area (TPSA) is 59.9 Å². The zero-order valence-corrected chi connectivity index (χ0v) is 17.2. The lowest BCUT2D eigenvalue weighted by atomic mass is 10.0. The molecule has 28 heavy (non-hydrogen) atoms. The fourth-order valence-electron chi connectivity index (χ4n) is 3.11. The van der Waals surface area contributed by atoms with Gasteiger partial charge in [-0.2, -0.15) is 4.98 Å². The van der Waals surface area contributed by atoms with E-state index in [-0.39, 0.29) is 6.23 Å². The average Bonchev–Trinajstić information content (AvgIpc) is 2.88. The molecule has 0 saturated carbocycles. The predicted octanol–water partition coefficient (Wildman–Crippen LogP) is 5.67. The van der Waals surface area contributed by atoms with Crippen molar-refractivity contribution < 1.29 is 4.74 Å². The second kappa shape index (κ2) is 8.19. The van der Waals surface area contributed by atoms with Gasteiger partial charge in [0.15, 0.2) is 11.9 Å². The Labute approximate surface area is 170 Å². The summed E-state index contributed by atoms with van der Waals surface area (Å²) in [6.45, 7) is 6.53. The first-order valence-electron chi connectivity index (χ1n) is 9.65. The van der Waals surface area contributed by atoms with Crippen molar-refractivity contribution in [1.29, 1.82) is 0 Å². The molecule has 1 aromatic heterocycles. The Morgan fingerprint density at radius 1 is 1.07 bits per heavy atom. The van der Waals surface area contributed by atoms with E-state index in [0.717, 1.165) is 29.0 Å². The number of fused-ring (bicyclic) bond motifs is 3. The van der Waals surface area contributed by atoms with Crippen LogP contribution >= 0.6 is 11.8 Å². The van der Waals surface area contributed by atoms with Crippen LogP contribution in [-0.4, -0.2) is 20.9 Å². The Morgan fingerprint density at radius 2 is 1.86 bits per heavy atom. The molecule has 1 aliphatic rings. The van der Waals surface area contributed by atoms with Crippen LogP contribution in [0.15, 0.2) is 53.7 Å². The molecule has 1 N–H and O–H groups in total. The number of para-hydroxylation sites is 1. The largest absolute Gasteiger partial charge is 0.448 e. The van der Waals surface area contributed by atoms with E-state index >= 15 is 0 Å². The molecule has 0 radical (unpaired) electrons. The average molecular weight is 393 g/mol. The number of anilines is 1. The fraction of sp³-hybridized carbons (Fsp3) is 0.318. The van der Waals surface area contributed by atoms with Crippen LogP contribution < -0.4 is 10.1 Å². The molecular weight excluding hydrogens is 368 g/mol. The maximum Gasteiger partial charge on any atom is 0.247 e. The second-order valence-corrected chi connectivity index (χ2v) is 8.17. The molecule has 0 saturated heterocycles. The summed E-state index contributed by atoms with van der Waals surface area (Å²) in [7, 11) is 0. The first-order valence-corrected chi connectivity index (χ1v) is 10.6. The van der Waals surface area contributed by atoms with Gasteiger partial charge in [0.2, 0.25) is 11.0 Å². The van der Waals surface area contributed by atoms with Gasteiger partial charge in [-0.3, -0.25) is 0 Å². The second-order valence-electron chi connectivity index (χ2n) is 7.11. The van der Waals surface area contributed by atoms with E-state index in [1.54, 1.807) is 11.8 Å². The Morgan fingerprint density at radius 3 is 2.61 bits per heavy atom. The van der Waals surface area contributed by atoms with Crippen LogP contribution in [0.4, 0.5) is 5.69 Å². The van der Waals surface area contributed by atoms with E-state index < -0.39 is 0 Å². The van der Waals surface area contributed by atoms with Crippen molar-refractivity contribution in [2.75, 3.05) is 11.1 Å². The lowest BCUT2D eigenvalue weighted by Crippen LogP contribution is -2.17. The summed E-state index contributed by atoms with van der Waals surface area (Å²) in [5.41, 5.74) is 4.94. The molecular formula is C22H24N4OS. The van der Waals surface area contributed by atoms with Gasteiger partial charge in [0, 0.05) is 22.6 Å². The van der Waals surface area contributed by atoms with Crippen LogP contribution in [0.25, 0.3) is 11.3 Å². The minimum atomic E-state index is -0.343. The SMILES string of the molecule is CCCSc1nnc2c(n1)O[C@@H](c1ccc(C(C)C)cc1)Nc1ccccc1-2. The molecule has 3 aromatic rings. The minimum Gasteiger partial charge on any atom is -0.448 e. The van der Waals surface area contributed by atoms with Crippen molar-refractivity contribution in [3.63, 3.8) is 0 Å². The standard InChI is InChI=1S/C22H24N4OS/c1-4-13-28-22-24-21-19(25-26-22)17-7-5-6-8-18(17)23-20(27-21)16-11-9-15(10-12-16)14(2)3/h5-12,14,20,23H,4,13H2,1-3H3/t20-/m0/s1. The zero-order valence-electron chi connectivity index (χ0n) is 16.3. The van der Waals surface area contributed by atoms with E-state index in [9.17, 15) is 0 Å². The number of rotatable bonds is 5. The molecule has 0 unspecified atom stereocenters. The summed E-state index contributed by atoms with van der Waals surface area (Å²) in [5.74, 6) is 1.97. The van der Waals surface area contributed by atoms with Crippen LogP contribution in [0, 0.1) is 0 Å². The lowest BCUT2D eigenvalue weighted by Gasteiger charge is -2.20. The molecule has 0 bridgehead atoms. The van der Waals surface area contributed by atoms with Crippen molar-refractivity contribution >= 4 is 17.4 Å². The van der Waals surface area contributed by atoms with Gasteiger partial charge >= 0.3 is 0 Å². The highest BCUT2D eigenvalue weighted by Gasteiger charge is 2.26. The summed E-state index contributed by atoms with van der Waals surface area (Å²) in [4.78, 5) is 4.66. The van der Waals surface area contributed by atoms with Crippen molar-refractivity contribution in [2.24, 2.45) is 0 Å². The molecule has 144 valence electrons. The Balaban J connectivity index is 1.74. The smallest absolute Gasteiger partial charge is 0.247 e. The molecule has 5 nitrogen and oxygen atoms in total. The number of hydrogen-bond acceptors (Lipinski definition) is 6. The fourth-order valence-corrected chi connectivity index (χ4v) is 3.74. The Hall–Kier alpha value is -2.60. The summed E-state index contributed by atoms with van der Waals surface area (Å²) in [6, 6.07) is 16.6. The number of thioether (sulfide) groups is 1. The highest BCUT2D eigenvalue weighted by Crippen LogP contribution is 2.39. The van der Waals surface area contributed by atoms with Crippen LogP contribution in [0.2, 0.25) is 0 Å². The van der Waals surface area contributed by atoms with Gasteiger partial charge < -0.3 is 10.1 Å². The molecule has 2 aromatic carbocycles. The number of benzene rings is 2. The number of nitrogens with one attached hydrogen (secondary N) is 1. The van der Waals surface area contributed by atoms with E-state index in [1.165, 1.54) is 5.56 Å². The molecule has 6 heteroatoms. The normalized spacial score (nSPS) is 15.2. The summed E-state index contributed by atoms with van der Waals surface area (Å²) < 4.78 is 6.31. The molecule has 0 fully saturated rings. The van der Waals surface area contributed by atoms with Gasteiger partial charge in [0.05, 0.1) is 0 Å². The molecule has 0 aliphatic carbocycles. The highest BCUT2D eigenvalue weighted by atomic mass is 32.2.